The largest absolute Gasteiger partial charge is 0.511 e. The van der Waals surface area contributed by atoms with E-state index >= 15 is 0 Å². The van der Waals surface area contributed by atoms with Gasteiger partial charge in [-0.05, 0) is 66.8 Å². The number of aliphatic hydroxyl groups is 1. The summed E-state index contributed by atoms with van der Waals surface area (Å²) in [7, 11) is 0. The number of ether oxygens (including phenoxy) is 1. The van der Waals surface area contributed by atoms with Crippen LogP contribution in [0.25, 0.3) is 5.57 Å². The molecule has 0 amide bonds. The highest BCUT2D eigenvalue weighted by atomic mass is 35.5. The Hall–Kier alpha value is -2.40. The number of halogens is 2. The van der Waals surface area contributed by atoms with Gasteiger partial charge < -0.3 is 9.84 Å². The van der Waals surface area contributed by atoms with Gasteiger partial charge in [0.05, 0.1) is 10.6 Å². The molecule has 0 spiro atoms. The number of carbonyl (C=O) groups is 1. The third kappa shape index (κ3) is 2.86. The second-order valence-corrected chi connectivity index (χ2v) is 8.66. The van der Waals surface area contributed by atoms with E-state index in [1.54, 1.807) is 12.1 Å². The Morgan fingerprint density at radius 2 is 2.00 bits per heavy atom. The molecule has 150 valence electrons. The molecule has 2 fully saturated rings. The van der Waals surface area contributed by atoms with Gasteiger partial charge in [0.15, 0.2) is 11.6 Å². The quantitative estimate of drug-likeness (QED) is 0.694. The van der Waals surface area contributed by atoms with Gasteiger partial charge in [0.1, 0.15) is 11.5 Å². The van der Waals surface area contributed by atoms with Crippen LogP contribution in [-0.2, 0) is 11.2 Å². The second-order valence-electron chi connectivity index (χ2n) is 8.22. The molecule has 4 nitrogen and oxygen atoms in total. The number of ketones is 1. The number of aryl methyl sites for hydroxylation is 1. The molecular weight excluding hydrogens is 393 g/mol. The van der Waals surface area contributed by atoms with Gasteiger partial charge in [0.25, 0.3) is 5.88 Å². The van der Waals surface area contributed by atoms with Crippen LogP contribution >= 0.6 is 11.6 Å². The number of hydrogen-bond donors (Lipinski definition) is 1. The van der Waals surface area contributed by atoms with E-state index in [-0.39, 0.29) is 34.3 Å². The van der Waals surface area contributed by atoms with Crippen molar-refractivity contribution in [3.8, 4) is 11.6 Å². The van der Waals surface area contributed by atoms with Crippen molar-refractivity contribution in [2.45, 2.75) is 32.6 Å². The fourth-order valence-corrected chi connectivity index (χ4v) is 5.69. The van der Waals surface area contributed by atoms with Crippen LogP contribution in [0.15, 0.2) is 36.2 Å². The van der Waals surface area contributed by atoms with Gasteiger partial charge in [-0.1, -0.05) is 24.6 Å². The second kappa shape index (κ2) is 6.84. The molecule has 6 heteroatoms. The van der Waals surface area contributed by atoms with Gasteiger partial charge in [0.2, 0.25) is 0 Å². The maximum Gasteiger partial charge on any atom is 0.255 e. The lowest BCUT2D eigenvalue weighted by Gasteiger charge is -2.23. The van der Waals surface area contributed by atoms with Gasteiger partial charge in [-0.3, -0.25) is 4.79 Å². The minimum Gasteiger partial charge on any atom is -0.511 e. The molecule has 2 bridgehead atoms. The molecule has 4 atom stereocenters. The standard InChI is InChI=1S/C23H21ClFNO3/c1-2-11-5-6-15(29-23-17(25)8-14(24)10-26-23)9-16(11)20-21(27)18-12-3-4-13(7-12)19(18)22(20)28/h5-6,8-10,12-13,18-19,27H,2-4,7H2,1H3. The van der Waals surface area contributed by atoms with E-state index in [4.69, 9.17) is 16.3 Å². The lowest BCUT2D eigenvalue weighted by Crippen LogP contribution is -2.24. The van der Waals surface area contributed by atoms with Crippen molar-refractivity contribution in [3.63, 3.8) is 0 Å². The van der Waals surface area contributed by atoms with E-state index in [1.807, 2.05) is 13.0 Å². The van der Waals surface area contributed by atoms with Crippen molar-refractivity contribution in [1.29, 1.82) is 0 Å². The number of aromatic nitrogens is 1. The van der Waals surface area contributed by atoms with Gasteiger partial charge in [0, 0.05) is 18.0 Å². The Labute approximate surface area is 173 Å². The number of allylic oxidation sites excluding steroid dienone is 2. The van der Waals surface area contributed by atoms with Crippen molar-refractivity contribution in [2.75, 3.05) is 0 Å². The molecule has 3 aliphatic rings. The van der Waals surface area contributed by atoms with Crippen LogP contribution in [0.5, 0.6) is 11.6 Å². The number of nitrogens with zero attached hydrogens (tertiary/aromatic N) is 1. The highest BCUT2D eigenvalue weighted by Crippen LogP contribution is 2.60. The summed E-state index contributed by atoms with van der Waals surface area (Å²) in [4.78, 5) is 17.2. The van der Waals surface area contributed by atoms with Crippen molar-refractivity contribution < 1.29 is 19.0 Å². The first-order valence-corrected chi connectivity index (χ1v) is 10.4. The van der Waals surface area contributed by atoms with E-state index in [2.05, 4.69) is 4.98 Å². The third-order valence-electron chi connectivity index (χ3n) is 6.76. The summed E-state index contributed by atoms with van der Waals surface area (Å²) in [6.07, 6.45) is 5.22. The van der Waals surface area contributed by atoms with Crippen LogP contribution in [0.3, 0.4) is 0 Å². The number of benzene rings is 1. The molecule has 4 unspecified atom stereocenters. The number of hydrogen-bond acceptors (Lipinski definition) is 4. The molecule has 1 N–H and O–H groups in total. The maximum absolute atomic E-state index is 14.1. The van der Waals surface area contributed by atoms with Gasteiger partial charge in [-0.2, -0.15) is 0 Å². The van der Waals surface area contributed by atoms with Crippen molar-refractivity contribution in [1.82, 2.24) is 4.98 Å². The Morgan fingerprint density at radius 3 is 2.69 bits per heavy atom. The Kier molecular flexibility index (Phi) is 4.39. The smallest absolute Gasteiger partial charge is 0.255 e. The zero-order valence-electron chi connectivity index (χ0n) is 16.0. The fourth-order valence-electron chi connectivity index (χ4n) is 5.54. The van der Waals surface area contributed by atoms with E-state index in [1.165, 1.54) is 6.20 Å². The normalized spacial score (nSPS) is 27.6. The van der Waals surface area contributed by atoms with Crippen LogP contribution in [-0.4, -0.2) is 15.9 Å². The molecule has 2 aromatic rings. The summed E-state index contributed by atoms with van der Waals surface area (Å²) in [6, 6.07) is 6.42. The molecule has 0 aliphatic heterocycles. The number of carbonyl (C=O) groups excluding carboxylic acids is 1. The number of aliphatic hydroxyl groups excluding tert-OH is 1. The van der Waals surface area contributed by atoms with Gasteiger partial charge in [-0.25, -0.2) is 9.37 Å². The van der Waals surface area contributed by atoms with E-state index < -0.39 is 5.82 Å². The minimum absolute atomic E-state index is 0.0408. The summed E-state index contributed by atoms with van der Waals surface area (Å²) in [5.74, 6) is 0.446. The van der Waals surface area contributed by atoms with Crippen LogP contribution < -0.4 is 4.74 Å². The number of Topliss-reactive ketones (excluding diaryl/α,β-unsaturated/α-hetero) is 1. The average molecular weight is 414 g/mol. The molecule has 3 aliphatic carbocycles. The third-order valence-corrected chi connectivity index (χ3v) is 6.96. The van der Waals surface area contributed by atoms with Crippen LogP contribution in [0.2, 0.25) is 5.02 Å². The summed E-state index contributed by atoms with van der Waals surface area (Å²) in [6.45, 7) is 2.00. The fraction of sp³-hybridized carbons (Fsp3) is 0.391. The van der Waals surface area contributed by atoms with Crippen molar-refractivity contribution in [3.05, 3.63) is 58.2 Å². The lowest BCUT2D eigenvalue weighted by atomic mass is 9.80. The first-order valence-electron chi connectivity index (χ1n) is 10.1. The Morgan fingerprint density at radius 1 is 1.24 bits per heavy atom. The monoisotopic (exact) mass is 413 g/mol. The zero-order valence-corrected chi connectivity index (χ0v) is 16.7. The number of fused-ring (bicyclic) bond motifs is 5. The molecule has 29 heavy (non-hydrogen) atoms. The predicted octanol–water partition coefficient (Wildman–Crippen LogP) is 5.74. The van der Waals surface area contributed by atoms with Crippen LogP contribution in [0.4, 0.5) is 4.39 Å². The molecule has 5 rings (SSSR count). The number of rotatable bonds is 4. The molecule has 1 heterocycles. The molecule has 1 aromatic heterocycles. The molecule has 0 radical (unpaired) electrons. The molecular formula is C23H21ClFNO3. The zero-order chi connectivity index (χ0) is 20.3. The predicted molar refractivity (Wildman–Crippen MR) is 107 cm³/mol. The average Bonchev–Trinajstić information content (AvgIpc) is 3.38. The molecule has 0 saturated heterocycles. The van der Waals surface area contributed by atoms with Crippen LogP contribution in [0.1, 0.15) is 37.3 Å². The highest BCUT2D eigenvalue weighted by molar-refractivity contribution is 6.30. The Balaban J connectivity index is 1.54. The summed E-state index contributed by atoms with van der Waals surface area (Å²) >= 11 is 5.75. The van der Waals surface area contributed by atoms with E-state index in [0.29, 0.717) is 35.1 Å². The Bertz CT molecular complexity index is 1050. The first kappa shape index (κ1) is 18.6. The highest BCUT2D eigenvalue weighted by Gasteiger charge is 2.57. The topological polar surface area (TPSA) is 59.4 Å². The van der Waals surface area contributed by atoms with E-state index in [0.717, 1.165) is 30.9 Å². The lowest BCUT2D eigenvalue weighted by molar-refractivity contribution is -0.118. The molecule has 2 saturated carbocycles. The number of pyridine rings is 1. The van der Waals surface area contributed by atoms with E-state index in [9.17, 15) is 14.3 Å². The summed E-state index contributed by atoms with van der Waals surface area (Å²) in [5.41, 5.74) is 2.04. The summed E-state index contributed by atoms with van der Waals surface area (Å²) < 4.78 is 19.7. The van der Waals surface area contributed by atoms with Crippen molar-refractivity contribution >= 4 is 23.0 Å². The maximum atomic E-state index is 14.1. The van der Waals surface area contributed by atoms with Gasteiger partial charge in [-0.15, -0.1) is 0 Å². The minimum atomic E-state index is -0.663. The van der Waals surface area contributed by atoms with Crippen LogP contribution in [0, 0.1) is 29.5 Å². The first-order chi connectivity index (χ1) is 14.0. The SMILES string of the molecule is CCc1ccc(Oc2ncc(Cl)cc2F)cc1C1=C(O)C2C3CCC(C3)C2C1=O. The van der Waals surface area contributed by atoms with Crippen molar-refractivity contribution in [2.24, 2.45) is 23.7 Å². The molecule has 1 aromatic carbocycles. The summed E-state index contributed by atoms with van der Waals surface area (Å²) in [5, 5.41) is 11.2. The van der Waals surface area contributed by atoms with Gasteiger partial charge >= 0.3 is 0 Å².